The summed E-state index contributed by atoms with van der Waals surface area (Å²) in [5.74, 6) is 0.548. The molecular weight excluding hydrogens is 453 g/mol. The second kappa shape index (κ2) is 13.6. The molecule has 1 N–H and O–H groups in total. The highest BCUT2D eigenvalue weighted by Gasteiger charge is 2.21. The van der Waals surface area contributed by atoms with Gasteiger partial charge in [-0.25, -0.2) is 4.39 Å². The molecule has 0 saturated heterocycles. The molecule has 2 aliphatic carbocycles. The summed E-state index contributed by atoms with van der Waals surface area (Å²) < 4.78 is 12.5. The quantitative estimate of drug-likeness (QED) is 0.575. The summed E-state index contributed by atoms with van der Waals surface area (Å²) in [5.41, 5.74) is 2.76. The Morgan fingerprint density at radius 3 is 2.44 bits per heavy atom. The molecule has 0 spiro atoms. The Hall–Kier alpha value is -3.40. The number of carbonyl (C=O) groups excluding carboxylic acids is 1. The fraction of sp³-hybridized carbons (Fsp3) is 0.483. The van der Waals surface area contributed by atoms with Gasteiger partial charge >= 0.3 is 0 Å². The molecule has 4 rings (SSSR count). The molecule has 2 saturated carbocycles. The van der Waals surface area contributed by atoms with Crippen molar-refractivity contribution in [2.24, 2.45) is 10.9 Å². The van der Waals surface area contributed by atoms with E-state index in [9.17, 15) is 14.4 Å². The summed E-state index contributed by atoms with van der Waals surface area (Å²) in [4.78, 5) is 20.4. The zero-order valence-corrected chi connectivity index (χ0v) is 21.5. The third kappa shape index (κ3) is 8.08. The first kappa shape index (κ1) is 27.2. The monoisotopic (exact) mass is 491 g/mol. The number of nitrogens with zero attached hydrogens (tertiary/aromatic N) is 4. The van der Waals surface area contributed by atoms with Crippen LogP contribution in [0.15, 0.2) is 65.5 Å². The van der Waals surface area contributed by atoms with Crippen LogP contribution in [0.3, 0.4) is 0 Å². The van der Waals surface area contributed by atoms with Crippen molar-refractivity contribution in [2.45, 2.75) is 57.4 Å². The normalized spacial score (nSPS) is 21.6. The number of nitrogens with one attached hydrogen (secondary N) is 1. The smallest absolute Gasteiger partial charge is 0.252 e. The van der Waals surface area contributed by atoms with Gasteiger partial charge in [0.2, 0.25) is 0 Å². The first-order chi connectivity index (χ1) is 17.4. The van der Waals surface area contributed by atoms with Gasteiger partial charge in [0.15, 0.2) is 0 Å². The van der Waals surface area contributed by atoms with Gasteiger partial charge in [0, 0.05) is 49.8 Å². The van der Waals surface area contributed by atoms with Crippen molar-refractivity contribution in [1.29, 1.82) is 5.26 Å². The lowest BCUT2D eigenvalue weighted by molar-refractivity contribution is -0.123. The van der Waals surface area contributed by atoms with Crippen molar-refractivity contribution in [3.63, 3.8) is 0 Å². The van der Waals surface area contributed by atoms with E-state index in [2.05, 4.69) is 27.9 Å². The highest BCUT2D eigenvalue weighted by molar-refractivity contribution is 6.07. The second-order valence-electron chi connectivity index (χ2n) is 9.76. The number of halogens is 1. The van der Waals surface area contributed by atoms with Crippen LogP contribution in [-0.4, -0.2) is 54.6 Å². The van der Waals surface area contributed by atoms with E-state index < -0.39 is 0 Å². The highest BCUT2D eigenvalue weighted by Crippen LogP contribution is 2.26. The largest absolute Gasteiger partial charge is 0.385 e. The number of hydrogen-bond acceptors (Lipinski definition) is 5. The van der Waals surface area contributed by atoms with E-state index in [1.165, 1.54) is 55.6 Å². The number of allylic oxidation sites excluding steroid dienone is 2. The predicted octanol–water partition coefficient (Wildman–Crippen LogP) is 5.68. The summed E-state index contributed by atoms with van der Waals surface area (Å²) in [6.45, 7) is 5.23. The molecule has 6 nitrogen and oxygen atoms in total. The fourth-order valence-electron chi connectivity index (χ4n) is 4.45. The lowest BCUT2D eigenvalue weighted by Gasteiger charge is -2.34. The van der Waals surface area contributed by atoms with Gasteiger partial charge in [-0.15, -0.1) is 0 Å². The minimum Gasteiger partial charge on any atom is -0.385 e. The molecule has 0 aromatic heterocycles. The highest BCUT2D eigenvalue weighted by atomic mass is 19.1. The molecule has 0 radical (unpaired) electrons. The van der Waals surface area contributed by atoms with Crippen LogP contribution in [0.1, 0.15) is 51.4 Å². The molecule has 2 fully saturated rings. The second-order valence-corrected chi connectivity index (χ2v) is 9.76. The standard InChI is InChI=1S/C18H24N4O.C11H14FN/c1-14-9-10-15(12-19)20-13-17(11-18(23)21(14)2)22(3)16-7-5-4-6-8-16;12-10-4-6-11(7-5-10)13-8-9-2-1-3-9/h9-11,16H,1,4-8,13H2,2-3H3;4-7,9,13H,1-3,8H2/b10-9-,17-11+,20-15?;. The number of rotatable bonds is 5. The third-order valence-corrected chi connectivity index (χ3v) is 7.25. The average Bonchev–Trinajstić information content (AvgIpc) is 2.87. The molecule has 1 aliphatic heterocycles. The average molecular weight is 492 g/mol. The van der Waals surface area contributed by atoms with Gasteiger partial charge < -0.3 is 15.1 Å². The van der Waals surface area contributed by atoms with E-state index in [1.54, 1.807) is 37.4 Å². The summed E-state index contributed by atoms with van der Waals surface area (Å²) in [6.07, 6.45) is 14.9. The lowest BCUT2D eigenvalue weighted by atomic mass is 9.85. The van der Waals surface area contributed by atoms with Gasteiger partial charge in [-0.05, 0) is 68.0 Å². The van der Waals surface area contributed by atoms with Crippen LogP contribution in [-0.2, 0) is 4.79 Å². The molecule has 3 aliphatic rings. The molecule has 0 bridgehead atoms. The number of benzene rings is 1. The van der Waals surface area contributed by atoms with E-state index >= 15 is 0 Å². The maximum Gasteiger partial charge on any atom is 0.252 e. The molecule has 36 heavy (non-hydrogen) atoms. The number of hydrogen-bond donors (Lipinski definition) is 1. The lowest BCUT2D eigenvalue weighted by Crippen LogP contribution is -2.35. The van der Waals surface area contributed by atoms with Gasteiger partial charge in [-0.3, -0.25) is 9.79 Å². The summed E-state index contributed by atoms with van der Waals surface area (Å²) in [6, 6.07) is 9.07. The number of anilines is 1. The van der Waals surface area contributed by atoms with Gasteiger partial charge in [0.25, 0.3) is 5.91 Å². The molecule has 1 heterocycles. The minimum absolute atomic E-state index is 0.118. The van der Waals surface area contributed by atoms with Crippen LogP contribution in [0.4, 0.5) is 10.1 Å². The molecule has 0 unspecified atom stereocenters. The zero-order valence-electron chi connectivity index (χ0n) is 21.5. The van der Waals surface area contributed by atoms with E-state index in [0.29, 0.717) is 24.0 Å². The van der Waals surface area contributed by atoms with Crippen molar-refractivity contribution < 1.29 is 9.18 Å². The van der Waals surface area contributed by atoms with E-state index in [-0.39, 0.29) is 11.7 Å². The van der Waals surface area contributed by atoms with Crippen LogP contribution in [0, 0.1) is 23.1 Å². The molecular formula is C29H38FN5O. The molecule has 1 aromatic rings. The van der Waals surface area contributed by atoms with Gasteiger partial charge in [0.05, 0.1) is 6.54 Å². The van der Waals surface area contributed by atoms with Crippen molar-refractivity contribution >= 4 is 17.3 Å². The van der Waals surface area contributed by atoms with Gasteiger partial charge in [-0.1, -0.05) is 32.3 Å². The molecule has 0 atom stereocenters. The Morgan fingerprint density at radius 1 is 1.14 bits per heavy atom. The van der Waals surface area contributed by atoms with Crippen molar-refractivity contribution in [3.05, 3.63) is 66.3 Å². The van der Waals surface area contributed by atoms with Crippen LogP contribution >= 0.6 is 0 Å². The van der Waals surface area contributed by atoms with Crippen molar-refractivity contribution in [2.75, 3.05) is 32.5 Å². The number of likely N-dealkylation sites (N-methyl/N-ethyl adjacent to an activating group) is 2. The maximum atomic E-state index is 12.5. The Balaban J connectivity index is 0.000000233. The summed E-state index contributed by atoms with van der Waals surface area (Å²) in [7, 11) is 3.71. The van der Waals surface area contributed by atoms with E-state index in [0.717, 1.165) is 36.7 Å². The molecule has 7 heteroatoms. The van der Waals surface area contributed by atoms with Crippen molar-refractivity contribution in [1.82, 2.24) is 9.80 Å². The summed E-state index contributed by atoms with van der Waals surface area (Å²) in [5, 5.41) is 12.5. The first-order valence-electron chi connectivity index (χ1n) is 12.9. The summed E-state index contributed by atoms with van der Waals surface area (Å²) >= 11 is 0. The molecule has 1 amide bonds. The Morgan fingerprint density at radius 2 is 1.83 bits per heavy atom. The first-order valence-corrected chi connectivity index (χ1v) is 12.9. The van der Waals surface area contributed by atoms with Crippen LogP contribution < -0.4 is 5.32 Å². The maximum absolute atomic E-state index is 12.5. The van der Waals surface area contributed by atoms with E-state index in [1.807, 2.05) is 7.05 Å². The van der Waals surface area contributed by atoms with Gasteiger partial charge in [-0.2, -0.15) is 5.26 Å². The van der Waals surface area contributed by atoms with Crippen LogP contribution in [0.2, 0.25) is 0 Å². The Bertz CT molecular complexity index is 1030. The molecule has 192 valence electrons. The Kier molecular flexibility index (Phi) is 10.3. The van der Waals surface area contributed by atoms with Crippen molar-refractivity contribution in [3.8, 4) is 6.07 Å². The SMILES string of the molecule is C=C1/C=C\C(C#N)=NC/C(N(C)C2CCCCC2)=C\C(=O)N1C.Fc1ccc(NCC2CCC2)cc1. The topological polar surface area (TPSA) is 71.7 Å². The number of nitriles is 1. The van der Waals surface area contributed by atoms with Crippen LogP contribution in [0.5, 0.6) is 0 Å². The fourth-order valence-corrected chi connectivity index (χ4v) is 4.45. The Labute approximate surface area is 214 Å². The predicted molar refractivity (Wildman–Crippen MR) is 144 cm³/mol. The van der Waals surface area contributed by atoms with E-state index in [4.69, 9.17) is 0 Å². The molecule has 1 aromatic carbocycles. The van der Waals surface area contributed by atoms with Crippen LogP contribution in [0.25, 0.3) is 0 Å². The number of aliphatic imine (C=N–C) groups is 1. The van der Waals surface area contributed by atoms with Gasteiger partial charge in [0.1, 0.15) is 17.6 Å². The third-order valence-electron chi connectivity index (χ3n) is 7.25. The minimum atomic E-state index is -0.172. The number of carbonyl (C=O) groups is 1. The number of amides is 1. The zero-order chi connectivity index (χ0) is 25.9.